The molecule has 1 nitrogen and oxygen atoms in total. The highest BCUT2D eigenvalue weighted by Crippen LogP contribution is 2.28. The number of rotatable bonds is 4. The second-order valence-corrected chi connectivity index (χ2v) is 4.58. The minimum atomic E-state index is 0.929. The second kappa shape index (κ2) is 5.87. The predicted molar refractivity (Wildman–Crippen MR) is 77.9 cm³/mol. The first-order valence-electron chi connectivity index (χ1n) is 5.65. The molecule has 2 aromatic carbocycles. The average Bonchev–Trinajstić information content (AvgIpc) is 2.39. The summed E-state index contributed by atoms with van der Waals surface area (Å²) in [4.78, 5) is 0. The van der Waals surface area contributed by atoms with Crippen LogP contribution in [-0.2, 0) is 0 Å². The lowest BCUT2D eigenvalue weighted by Crippen LogP contribution is -1.86. The van der Waals surface area contributed by atoms with Crippen LogP contribution in [0.25, 0.3) is 16.8 Å². The molecule has 0 heterocycles. The summed E-state index contributed by atoms with van der Waals surface area (Å²) in [5.41, 5.74) is 1.24. The van der Waals surface area contributed by atoms with Crippen molar-refractivity contribution in [2.24, 2.45) is 0 Å². The zero-order valence-corrected chi connectivity index (χ0v) is 11.4. The maximum atomic E-state index is 5.38. The van der Waals surface area contributed by atoms with Gasteiger partial charge in [0, 0.05) is 10.7 Å². The fraction of sp³-hybridized carbons (Fsp3) is 0.200. The zero-order chi connectivity index (χ0) is 12.1. The molecule has 0 radical (unpaired) electrons. The first-order chi connectivity index (χ1) is 8.36. The number of hydrogen-bond donors (Lipinski definition) is 0. The Morgan fingerprint density at radius 3 is 2.59 bits per heavy atom. The quantitative estimate of drug-likeness (QED) is 0.745. The highest BCUT2D eigenvalue weighted by Gasteiger charge is 2.03. The molecule has 0 amide bonds. The smallest absolute Gasteiger partial charge is 0.126 e. The van der Waals surface area contributed by atoms with E-state index in [1.807, 2.05) is 12.1 Å². The van der Waals surface area contributed by atoms with Crippen molar-refractivity contribution in [2.45, 2.75) is 6.42 Å². The number of allylic oxidation sites excluding steroid dienone is 1. The second-order valence-electron chi connectivity index (χ2n) is 3.78. The van der Waals surface area contributed by atoms with Gasteiger partial charge in [-0.05, 0) is 23.4 Å². The molecule has 0 bridgehead atoms. The van der Waals surface area contributed by atoms with Gasteiger partial charge in [0.25, 0.3) is 0 Å². The summed E-state index contributed by atoms with van der Waals surface area (Å²) in [7, 11) is 1.71. The fourth-order valence-corrected chi connectivity index (χ4v) is 2.16. The normalized spacial score (nSPS) is 11.2. The molecule has 2 heteroatoms. The van der Waals surface area contributed by atoms with E-state index in [9.17, 15) is 0 Å². The van der Waals surface area contributed by atoms with E-state index in [0.717, 1.165) is 22.9 Å². The molecular weight excluding hydrogens is 276 g/mol. The van der Waals surface area contributed by atoms with Crippen molar-refractivity contribution < 1.29 is 4.74 Å². The maximum Gasteiger partial charge on any atom is 0.126 e. The number of alkyl halides is 1. The summed E-state index contributed by atoms with van der Waals surface area (Å²) in [6.07, 6.45) is 5.40. The highest BCUT2D eigenvalue weighted by atomic mass is 79.9. The molecule has 0 spiro atoms. The topological polar surface area (TPSA) is 9.23 Å². The molecule has 0 aliphatic rings. The largest absolute Gasteiger partial charge is 0.496 e. The number of hydrogen-bond acceptors (Lipinski definition) is 1. The molecule has 0 unspecified atom stereocenters. The summed E-state index contributed by atoms with van der Waals surface area (Å²) < 4.78 is 5.38. The van der Waals surface area contributed by atoms with E-state index in [1.165, 1.54) is 10.9 Å². The molecule has 2 rings (SSSR count). The van der Waals surface area contributed by atoms with Gasteiger partial charge in [-0.25, -0.2) is 0 Å². The van der Waals surface area contributed by atoms with Crippen LogP contribution < -0.4 is 4.74 Å². The van der Waals surface area contributed by atoms with Crippen LogP contribution in [0.5, 0.6) is 5.75 Å². The Kier molecular flexibility index (Phi) is 4.21. The van der Waals surface area contributed by atoms with E-state index < -0.39 is 0 Å². The summed E-state index contributed by atoms with van der Waals surface area (Å²) in [6.45, 7) is 0. The third-order valence-corrected chi connectivity index (χ3v) is 3.17. The van der Waals surface area contributed by atoms with E-state index >= 15 is 0 Å². The summed E-state index contributed by atoms with van der Waals surface area (Å²) in [5.74, 6) is 0.929. The van der Waals surface area contributed by atoms with Crippen molar-refractivity contribution in [3.8, 4) is 5.75 Å². The first-order valence-corrected chi connectivity index (χ1v) is 6.77. The summed E-state index contributed by atoms with van der Waals surface area (Å²) >= 11 is 3.42. The van der Waals surface area contributed by atoms with Crippen LogP contribution in [0.15, 0.2) is 42.5 Å². The molecule has 0 aliphatic heterocycles. The molecule has 0 aromatic heterocycles. The minimum absolute atomic E-state index is 0.929. The molecule has 0 aliphatic carbocycles. The van der Waals surface area contributed by atoms with Gasteiger partial charge in [-0.15, -0.1) is 0 Å². The lowest BCUT2D eigenvalue weighted by molar-refractivity contribution is 0.420. The van der Waals surface area contributed by atoms with E-state index in [-0.39, 0.29) is 0 Å². The third kappa shape index (κ3) is 2.70. The van der Waals surface area contributed by atoms with Crippen LogP contribution in [0.2, 0.25) is 0 Å². The van der Waals surface area contributed by atoms with Gasteiger partial charge in [0.15, 0.2) is 0 Å². The number of benzene rings is 2. The third-order valence-electron chi connectivity index (χ3n) is 2.71. The van der Waals surface area contributed by atoms with Gasteiger partial charge in [0.2, 0.25) is 0 Å². The van der Waals surface area contributed by atoms with Crippen LogP contribution in [-0.4, -0.2) is 12.4 Å². The minimum Gasteiger partial charge on any atom is -0.496 e. The van der Waals surface area contributed by atoms with E-state index in [4.69, 9.17) is 4.74 Å². The van der Waals surface area contributed by atoms with Crippen molar-refractivity contribution in [3.63, 3.8) is 0 Å². The molecule has 2 aromatic rings. The van der Waals surface area contributed by atoms with E-state index in [1.54, 1.807) is 7.11 Å². The SMILES string of the molecule is COc1ccc(C=CCCBr)c2ccccc12. The average molecular weight is 291 g/mol. The van der Waals surface area contributed by atoms with Gasteiger partial charge in [-0.2, -0.15) is 0 Å². The standard InChI is InChI=1S/C15H15BrO/c1-17-15-10-9-12(6-4-5-11-16)13-7-2-3-8-14(13)15/h2-4,6-10H,5,11H2,1H3. The highest BCUT2D eigenvalue weighted by molar-refractivity contribution is 9.09. The molecule has 0 atom stereocenters. The molecule has 0 N–H and O–H groups in total. The number of methoxy groups -OCH3 is 1. The Balaban J connectivity index is 2.51. The molecular formula is C15H15BrO. The van der Waals surface area contributed by atoms with Crippen LogP contribution in [0.3, 0.4) is 0 Å². The monoisotopic (exact) mass is 290 g/mol. The van der Waals surface area contributed by atoms with Crippen LogP contribution in [0.4, 0.5) is 0 Å². The molecule has 88 valence electrons. The fourth-order valence-electron chi connectivity index (χ4n) is 1.89. The molecule has 0 fully saturated rings. The molecule has 0 saturated heterocycles. The van der Waals surface area contributed by atoms with Crippen LogP contribution >= 0.6 is 15.9 Å². The van der Waals surface area contributed by atoms with Gasteiger partial charge in [-0.1, -0.05) is 58.4 Å². The zero-order valence-electron chi connectivity index (χ0n) is 9.82. The molecule has 17 heavy (non-hydrogen) atoms. The van der Waals surface area contributed by atoms with Crippen molar-refractivity contribution >= 4 is 32.8 Å². The number of ether oxygens (including phenoxy) is 1. The van der Waals surface area contributed by atoms with Crippen molar-refractivity contribution in [2.75, 3.05) is 12.4 Å². The number of halogens is 1. The number of fused-ring (bicyclic) bond motifs is 1. The maximum absolute atomic E-state index is 5.38. The van der Waals surface area contributed by atoms with Crippen molar-refractivity contribution in [1.82, 2.24) is 0 Å². The van der Waals surface area contributed by atoms with E-state index in [2.05, 4.69) is 52.3 Å². The Bertz CT molecular complexity index is 531. The summed E-state index contributed by atoms with van der Waals surface area (Å²) in [5, 5.41) is 3.39. The predicted octanol–water partition coefficient (Wildman–Crippen LogP) is 4.65. The van der Waals surface area contributed by atoms with Gasteiger partial charge < -0.3 is 4.74 Å². The van der Waals surface area contributed by atoms with Crippen LogP contribution in [0.1, 0.15) is 12.0 Å². The Hall–Kier alpha value is -1.28. The molecule has 0 saturated carbocycles. The Morgan fingerprint density at radius 1 is 1.12 bits per heavy atom. The van der Waals surface area contributed by atoms with Gasteiger partial charge in [0.05, 0.1) is 7.11 Å². The summed E-state index contributed by atoms with van der Waals surface area (Å²) in [6, 6.07) is 12.4. The Morgan fingerprint density at radius 2 is 1.88 bits per heavy atom. The van der Waals surface area contributed by atoms with Gasteiger partial charge >= 0.3 is 0 Å². The van der Waals surface area contributed by atoms with Gasteiger partial charge in [-0.3, -0.25) is 0 Å². The van der Waals surface area contributed by atoms with Crippen molar-refractivity contribution in [3.05, 3.63) is 48.0 Å². The van der Waals surface area contributed by atoms with Gasteiger partial charge in [0.1, 0.15) is 5.75 Å². The lowest BCUT2D eigenvalue weighted by Gasteiger charge is -2.07. The van der Waals surface area contributed by atoms with E-state index in [0.29, 0.717) is 0 Å². The first kappa shape index (κ1) is 12.2. The van der Waals surface area contributed by atoms with Crippen molar-refractivity contribution in [1.29, 1.82) is 0 Å². The Labute approximate surface area is 110 Å². The lowest BCUT2D eigenvalue weighted by atomic mass is 10.0. The van der Waals surface area contributed by atoms with Crippen LogP contribution in [0, 0.1) is 0 Å².